The van der Waals surface area contributed by atoms with E-state index in [1.807, 2.05) is 17.6 Å². The second-order valence-electron chi connectivity index (χ2n) is 4.70. The Morgan fingerprint density at radius 3 is 2.96 bits per heavy atom. The number of nitrogens with one attached hydrogen (secondary N) is 1. The van der Waals surface area contributed by atoms with Crippen LogP contribution in [0, 0.1) is 0 Å². The molecule has 118 valence electrons. The van der Waals surface area contributed by atoms with Gasteiger partial charge in [0.15, 0.2) is 0 Å². The van der Waals surface area contributed by atoms with Crippen LogP contribution in [0.15, 0.2) is 42.0 Å². The average molecular weight is 367 g/mol. The van der Waals surface area contributed by atoms with Crippen LogP contribution in [0.5, 0.6) is 0 Å². The van der Waals surface area contributed by atoms with Crippen LogP contribution in [0.4, 0.5) is 0 Å². The van der Waals surface area contributed by atoms with E-state index in [4.69, 9.17) is 23.2 Å². The molecular weight excluding hydrogens is 355 g/mol. The summed E-state index contributed by atoms with van der Waals surface area (Å²) in [5.41, 5.74) is 1.31. The maximum absolute atomic E-state index is 12.1. The van der Waals surface area contributed by atoms with Crippen LogP contribution in [0.25, 0.3) is 5.13 Å². The molecule has 0 aliphatic carbocycles. The summed E-state index contributed by atoms with van der Waals surface area (Å²) in [6.45, 7) is 0.472. The number of hydrogen-bond acceptors (Lipinski definition) is 4. The van der Waals surface area contributed by atoms with E-state index in [9.17, 15) is 4.79 Å². The summed E-state index contributed by atoms with van der Waals surface area (Å²) in [7, 11) is 0. The number of benzene rings is 1. The van der Waals surface area contributed by atoms with Crippen molar-refractivity contribution in [3.63, 3.8) is 0 Å². The van der Waals surface area contributed by atoms with Gasteiger partial charge in [-0.3, -0.25) is 4.79 Å². The molecule has 5 nitrogen and oxygen atoms in total. The topological polar surface area (TPSA) is 59.8 Å². The highest BCUT2D eigenvalue weighted by molar-refractivity contribution is 7.12. The Morgan fingerprint density at radius 2 is 2.22 bits per heavy atom. The van der Waals surface area contributed by atoms with Crippen LogP contribution in [-0.4, -0.2) is 27.2 Å². The van der Waals surface area contributed by atoms with E-state index in [2.05, 4.69) is 15.4 Å². The van der Waals surface area contributed by atoms with E-state index in [0.29, 0.717) is 28.6 Å². The molecular formula is C15H12Cl2N4OS. The fourth-order valence-electron chi connectivity index (χ4n) is 1.97. The molecule has 0 saturated carbocycles. The van der Waals surface area contributed by atoms with E-state index in [0.717, 1.165) is 10.8 Å². The van der Waals surface area contributed by atoms with E-state index < -0.39 is 0 Å². The Bertz CT molecular complexity index is 817. The molecule has 3 aromatic rings. The molecule has 1 amide bonds. The van der Waals surface area contributed by atoms with Crippen LogP contribution in [-0.2, 0) is 6.42 Å². The van der Waals surface area contributed by atoms with Crippen LogP contribution >= 0.6 is 34.5 Å². The van der Waals surface area contributed by atoms with Gasteiger partial charge in [-0.25, -0.2) is 9.67 Å². The lowest BCUT2D eigenvalue weighted by Crippen LogP contribution is -2.26. The van der Waals surface area contributed by atoms with Crippen molar-refractivity contribution in [1.29, 1.82) is 0 Å². The van der Waals surface area contributed by atoms with Gasteiger partial charge in [0.2, 0.25) is 5.13 Å². The van der Waals surface area contributed by atoms with Gasteiger partial charge in [-0.05, 0) is 24.3 Å². The van der Waals surface area contributed by atoms with Crippen LogP contribution in [0.3, 0.4) is 0 Å². The molecule has 0 aliphatic heterocycles. The number of halogens is 2. The Hall–Kier alpha value is -1.89. The van der Waals surface area contributed by atoms with Crippen molar-refractivity contribution in [3.05, 3.63) is 63.3 Å². The third-order valence-corrected chi connectivity index (χ3v) is 4.51. The Labute approximate surface area is 146 Å². The van der Waals surface area contributed by atoms with Gasteiger partial charge in [-0.15, -0.1) is 11.3 Å². The number of carbonyl (C=O) groups excluding carboxylic acids is 1. The fourth-order valence-corrected chi connectivity index (χ4v) is 3.26. The summed E-state index contributed by atoms with van der Waals surface area (Å²) >= 11 is 13.3. The SMILES string of the molecule is O=C(NCCc1csc(-n2cccn2)n1)c1ccc(Cl)cc1Cl. The smallest absolute Gasteiger partial charge is 0.252 e. The van der Waals surface area contributed by atoms with Gasteiger partial charge in [0, 0.05) is 35.8 Å². The van der Waals surface area contributed by atoms with E-state index in [1.54, 1.807) is 29.1 Å². The number of nitrogens with zero attached hydrogens (tertiary/aromatic N) is 3. The van der Waals surface area contributed by atoms with Gasteiger partial charge >= 0.3 is 0 Å². The lowest BCUT2D eigenvalue weighted by Gasteiger charge is -2.06. The largest absolute Gasteiger partial charge is 0.352 e. The molecule has 1 aromatic carbocycles. The quantitative estimate of drug-likeness (QED) is 0.750. The molecule has 1 N–H and O–H groups in total. The van der Waals surface area contributed by atoms with E-state index in [1.165, 1.54) is 11.3 Å². The summed E-state index contributed by atoms with van der Waals surface area (Å²) in [6, 6.07) is 6.64. The number of rotatable bonds is 5. The first-order valence-corrected chi connectivity index (χ1v) is 8.45. The van der Waals surface area contributed by atoms with Crippen molar-refractivity contribution in [2.75, 3.05) is 6.54 Å². The molecule has 0 aliphatic rings. The number of carbonyl (C=O) groups is 1. The van der Waals surface area contributed by atoms with Gasteiger partial charge in [0.05, 0.1) is 16.3 Å². The van der Waals surface area contributed by atoms with E-state index in [-0.39, 0.29) is 5.91 Å². The van der Waals surface area contributed by atoms with Gasteiger partial charge < -0.3 is 5.32 Å². The monoisotopic (exact) mass is 366 g/mol. The molecule has 0 unspecified atom stereocenters. The Balaban J connectivity index is 1.56. The molecule has 23 heavy (non-hydrogen) atoms. The number of hydrogen-bond donors (Lipinski definition) is 1. The minimum Gasteiger partial charge on any atom is -0.352 e. The molecule has 0 spiro atoms. The molecule has 0 fully saturated rings. The lowest BCUT2D eigenvalue weighted by atomic mass is 10.2. The first-order valence-electron chi connectivity index (χ1n) is 6.81. The van der Waals surface area contributed by atoms with Crippen molar-refractivity contribution < 1.29 is 4.79 Å². The lowest BCUT2D eigenvalue weighted by molar-refractivity contribution is 0.0954. The predicted molar refractivity (Wildman–Crippen MR) is 91.7 cm³/mol. The fraction of sp³-hybridized carbons (Fsp3) is 0.133. The third kappa shape index (κ3) is 3.90. The third-order valence-electron chi connectivity index (χ3n) is 3.08. The maximum atomic E-state index is 12.1. The highest BCUT2D eigenvalue weighted by Gasteiger charge is 2.11. The first kappa shape index (κ1) is 16.0. The molecule has 3 rings (SSSR count). The molecule has 2 heterocycles. The van der Waals surface area contributed by atoms with Crippen LogP contribution in [0.1, 0.15) is 16.1 Å². The van der Waals surface area contributed by atoms with Gasteiger partial charge in [0.1, 0.15) is 0 Å². The van der Waals surface area contributed by atoms with Crippen molar-refractivity contribution in [2.45, 2.75) is 6.42 Å². The molecule has 0 radical (unpaired) electrons. The zero-order chi connectivity index (χ0) is 16.2. The zero-order valence-electron chi connectivity index (χ0n) is 11.9. The van der Waals surface area contributed by atoms with Gasteiger partial charge in [0.25, 0.3) is 5.91 Å². The minimum atomic E-state index is -0.228. The maximum Gasteiger partial charge on any atom is 0.252 e. The number of amides is 1. The van der Waals surface area contributed by atoms with E-state index >= 15 is 0 Å². The van der Waals surface area contributed by atoms with Crippen LogP contribution in [0.2, 0.25) is 10.0 Å². The molecule has 8 heteroatoms. The minimum absolute atomic E-state index is 0.228. The van der Waals surface area contributed by atoms with Crippen molar-refractivity contribution >= 4 is 40.4 Å². The van der Waals surface area contributed by atoms with Crippen LogP contribution < -0.4 is 5.32 Å². The number of aromatic nitrogens is 3. The van der Waals surface area contributed by atoms with Gasteiger partial charge in [-0.2, -0.15) is 5.10 Å². The number of thiazole rings is 1. The summed E-state index contributed by atoms with van der Waals surface area (Å²) in [5.74, 6) is -0.228. The normalized spacial score (nSPS) is 10.7. The summed E-state index contributed by atoms with van der Waals surface area (Å²) in [6.07, 6.45) is 4.18. The standard InChI is InChI=1S/C15H12Cl2N4OS/c16-10-2-3-12(13(17)8-10)14(22)18-6-4-11-9-23-15(20-11)21-7-1-5-19-21/h1-3,5,7-9H,4,6H2,(H,18,22). The average Bonchev–Trinajstić information content (AvgIpc) is 3.18. The predicted octanol–water partition coefficient (Wildman–Crippen LogP) is 3.61. The molecule has 0 atom stereocenters. The second-order valence-corrected chi connectivity index (χ2v) is 6.38. The summed E-state index contributed by atoms with van der Waals surface area (Å²) in [4.78, 5) is 16.6. The van der Waals surface area contributed by atoms with Crippen molar-refractivity contribution in [2.24, 2.45) is 0 Å². The van der Waals surface area contributed by atoms with Crippen molar-refractivity contribution in [1.82, 2.24) is 20.1 Å². The summed E-state index contributed by atoms with van der Waals surface area (Å²) < 4.78 is 1.71. The Kier molecular flexibility index (Phi) is 4.95. The Morgan fingerprint density at radius 1 is 1.35 bits per heavy atom. The second kappa shape index (κ2) is 7.12. The molecule has 2 aromatic heterocycles. The molecule has 0 saturated heterocycles. The highest BCUT2D eigenvalue weighted by atomic mass is 35.5. The molecule has 0 bridgehead atoms. The first-order chi connectivity index (χ1) is 11.1. The van der Waals surface area contributed by atoms with Gasteiger partial charge in [-0.1, -0.05) is 23.2 Å². The zero-order valence-corrected chi connectivity index (χ0v) is 14.2. The highest BCUT2D eigenvalue weighted by Crippen LogP contribution is 2.20. The summed E-state index contributed by atoms with van der Waals surface area (Å²) in [5, 5.41) is 10.6. The van der Waals surface area contributed by atoms with Crippen molar-refractivity contribution in [3.8, 4) is 5.13 Å².